The van der Waals surface area contributed by atoms with Crippen LogP contribution >= 0.6 is 0 Å². The molecule has 13 heavy (non-hydrogen) atoms. The molecule has 1 amide bonds. The van der Waals surface area contributed by atoms with E-state index in [2.05, 4.69) is 4.98 Å². The number of primary amides is 1. The lowest BCUT2D eigenvalue weighted by Crippen LogP contribution is -2.14. The molecule has 0 spiro atoms. The summed E-state index contributed by atoms with van der Waals surface area (Å²) < 4.78 is 36.7. The topological polar surface area (TPSA) is 56.0 Å². The number of hydrogen-bond acceptors (Lipinski definition) is 2. The van der Waals surface area contributed by atoms with Crippen LogP contribution in [0.5, 0.6) is 0 Å². The maximum absolute atomic E-state index is 12.8. The number of hydrogen-bond donors (Lipinski definition) is 1. The van der Waals surface area contributed by atoms with Gasteiger partial charge in [0, 0.05) is 12.3 Å². The molecule has 0 aliphatic carbocycles. The molecule has 0 fully saturated rings. The summed E-state index contributed by atoms with van der Waals surface area (Å²) in [7, 11) is 0. The molecule has 0 aliphatic rings. The van der Waals surface area contributed by atoms with E-state index in [1.54, 1.807) is 0 Å². The van der Waals surface area contributed by atoms with E-state index in [-0.39, 0.29) is 0 Å². The molecule has 0 bridgehead atoms. The summed E-state index contributed by atoms with van der Waals surface area (Å²) >= 11 is 0. The lowest BCUT2D eigenvalue weighted by Gasteiger charge is -2.00. The summed E-state index contributed by atoms with van der Waals surface area (Å²) in [6.45, 7) is 0. The fourth-order valence-electron chi connectivity index (χ4n) is 0.746. The van der Waals surface area contributed by atoms with Crippen molar-refractivity contribution in [3.8, 4) is 0 Å². The molecule has 1 aromatic rings. The number of rotatable bonds is 2. The summed E-state index contributed by atoms with van der Waals surface area (Å²) in [4.78, 5) is 13.6. The Balaban J connectivity index is 3.13. The molecular formula is C7H5F3N2O. The van der Waals surface area contributed by atoms with Gasteiger partial charge >= 0.3 is 0 Å². The van der Waals surface area contributed by atoms with Gasteiger partial charge in [0.15, 0.2) is 0 Å². The lowest BCUT2D eigenvalue weighted by atomic mass is 10.2. The molecule has 0 aromatic carbocycles. The van der Waals surface area contributed by atoms with Crippen molar-refractivity contribution in [1.82, 2.24) is 4.98 Å². The first kappa shape index (κ1) is 9.50. The number of pyridine rings is 1. The molecule has 1 aromatic heterocycles. The molecule has 0 atom stereocenters. The average molecular weight is 190 g/mol. The standard InChI is InChI=1S/C7H5F3N2O/c8-4-1-5(6(9)10)12-2-3(4)7(11)13/h1-2,6H,(H2,11,13). The van der Waals surface area contributed by atoms with Gasteiger partial charge in [-0.25, -0.2) is 13.2 Å². The van der Waals surface area contributed by atoms with Crippen LogP contribution in [0.25, 0.3) is 0 Å². The Hall–Kier alpha value is -1.59. The molecule has 6 heteroatoms. The van der Waals surface area contributed by atoms with E-state index in [9.17, 15) is 18.0 Å². The van der Waals surface area contributed by atoms with Gasteiger partial charge in [-0.3, -0.25) is 9.78 Å². The Kier molecular flexibility index (Phi) is 2.50. The monoisotopic (exact) mass is 190 g/mol. The van der Waals surface area contributed by atoms with E-state index in [1.807, 2.05) is 0 Å². The first-order valence-corrected chi connectivity index (χ1v) is 3.25. The Bertz CT molecular complexity index is 341. The highest BCUT2D eigenvalue weighted by Gasteiger charge is 2.14. The summed E-state index contributed by atoms with van der Waals surface area (Å²) in [6, 6.07) is 0.491. The van der Waals surface area contributed by atoms with E-state index >= 15 is 0 Å². The fourth-order valence-corrected chi connectivity index (χ4v) is 0.746. The number of alkyl halides is 2. The highest BCUT2D eigenvalue weighted by molar-refractivity contribution is 5.92. The maximum atomic E-state index is 12.8. The number of carbonyl (C=O) groups is 1. The van der Waals surface area contributed by atoms with Crippen LogP contribution in [0.1, 0.15) is 22.5 Å². The number of amides is 1. The van der Waals surface area contributed by atoms with Crippen LogP contribution in [0.4, 0.5) is 13.2 Å². The van der Waals surface area contributed by atoms with E-state index in [4.69, 9.17) is 5.73 Å². The number of nitrogens with two attached hydrogens (primary N) is 1. The first-order chi connectivity index (χ1) is 6.02. The molecule has 2 N–H and O–H groups in total. The van der Waals surface area contributed by atoms with Crippen LogP contribution in [0.15, 0.2) is 12.3 Å². The third-order valence-corrected chi connectivity index (χ3v) is 1.36. The maximum Gasteiger partial charge on any atom is 0.280 e. The van der Waals surface area contributed by atoms with Crippen molar-refractivity contribution < 1.29 is 18.0 Å². The van der Waals surface area contributed by atoms with Crippen molar-refractivity contribution in [2.24, 2.45) is 5.73 Å². The molecule has 0 saturated heterocycles. The average Bonchev–Trinajstić information content (AvgIpc) is 2.03. The molecular weight excluding hydrogens is 185 g/mol. The first-order valence-electron chi connectivity index (χ1n) is 3.25. The van der Waals surface area contributed by atoms with E-state index in [0.29, 0.717) is 12.3 Å². The van der Waals surface area contributed by atoms with Gasteiger partial charge in [-0.2, -0.15) is 0 Å². The molecule has 70 valence electrons. The quantitative estimate of drug-likeness (QED) is 0.763. The van der Waals surface area contributed by atoms with Crippen LogP contribution in [0, 0.1) is 5.82 Å². The predicted molar refractivity (Wildman–Crippen MR) is 37.7 cm³/mol. The normalized spacial score (nSPS) is 10.5. The van der Waals surface area contributed by atoms with Gasteiger partial charge in [0.2, 0.25) is 0 Å². The third kappa shape index (κ3) is 1.95. The van der Waals surface area contributed by atoms with Crippen molar-refractivity contribution in [2.45, 2.75) is 6.43 Å². The van der Waals surface area contributed by atoms with Crippen LogP contribution < -0.4 is 5.73 Å². The second kappa shape index (κ2) is 3.42. The zero-order valence-corrected chi connectivity index (χ0v) is 6.30. The minimum atomic E-state index is -2.86. The van der Waals surface area contributed by atoms with Gasteiger partial charge in [0.25, 0.3) is 12.3 Å². The van der Waals surface area contributed by atoms with Crippen LogP contribution in [0.3, 0.4) is 0 Å². The summed E-state index contributed by atoms with van der Waals surface area (Å²) in [5.41, 5.74) is 3.52. The minimum Gasteiger partial charge on any atom is -0.365 e. The Labute approximate surface area is 71.4 Å². The van der Waals surface area contributed by atoms with Crippen LogP contribution in [0.2, 0.25) is 0 Å². The summed E-state index contributed by atoms with van der Waals surface area (Å²) in [5, 5.41) is 0. The molecule has 1 rings (SSSR count). The zero-order chi connectivity index (χ0) is 10.0. The van der Waals surface area contributed by atoms with Gasteiger partial charge in [-0.15, -0.1) is 0 Å². The van der Waals surface area contributed by atoms with E-state index in [1.165, 1.54) is 0 Å². The van der Waals surface area contributed by atoms with Crippen molar-refractivity contribution in [2.75, 3.05) is 0 Å². The number of halogens is 3. The molecule has 0 unspecified atom stereocenters. The van der Waals surface area contributed by atoms with Crippen molar-refractivity contribution in [3.05, 3.63) is 29.3 Å². The lowest BCUT2D eigenvalue weighted by molar-refractivity contribution is 0.0994. The van der Waals surface area contributed by atoms with Gasteiger partial charge in [-0.05, 0) is 0 Å². The van der Waals surface area contributed by atoms with Crippen molar-refractivity contribution in [1.29, 1.82) is 0 Å². The van der Waals surface area contributed by atoms with Gasteiger partial charge in [0.1, 0.15) is 11.5 Å². The molecule has 3 nitrogen and oxygen atoms in total. The Morgan fingerprint density at radius 2 is 2.15 bits per heavy atom. The number of nitrogens with zero attached hydrogens (tertiary/aromatic N) is 1. The second-order valence-corrected chi connectivity index (χ2v) is 2.25. The van der Waals surface area contributed by atoms with Gasteiger partial charge < -0.3 is 5.73 Å². The highest BCUT2D eigenvalue weighted by atomic mass is 19.3. The molecule has 1 heterocycles. The summed E-state index contributed by atoms with van der Waals surface area (Å²) in [5.74, 6) is -2.12. The summed E-state index contributed by atoms with van der Waals surface area (Å²) in [6.07, 6.45) is -2.17. The second-order valence-electron chi connectivity index (χ2n) is 2.25. The van der Waals surface area contributed by atoms with Crippen LogP contribution in [-0.2, 0) is 0 Å². The van der Waals surface area contributed by atoms with Crippen LogP contribution in [-0.4, -0.2) is 10.9 Å². The molecule has 0 aliphatic heterocycles. The Morgan fingerprint density at radius 1 is 1.54 bits per heavy atom. The minimum absolute atomic E-state index is 0.491. The Morgan fingerprint density at radius 3 is 2.54 bits per heavy atom. The highest BCUT2D eigenvalue weighted by Crippen LogP contribution is 2.17. The third-order valence-electron chi connectivity index (χ3n) is 1.36. The predicted octanol–water partition coefficient (Wildman–Crippen LogP) is 1.26. The van der Waals surface area contributed by atoms with Crippen molar-refractivity contribution in [3.63, 3.8) is 0 Å². The molecule has 0 saturated carbocycles. The molecule has 0 radical (unpaired) electrons. The largest absolute Gasteiger partial charge is 0.365 e. The van der Waals surface area contributed by atoms with Gasteiger partial charge in [0.05, 0.1) is 5.56 Å². The fraction of sp³-hybridized carbons (Fsp3) is 0.143. The van der Waals surface area contributed by atoms with Crippen molar-refractivity contribution >= 4 is 5.91 Å². The van der Waals surface area contributed by atoms with Gasteiger partial charge in [-0.1, -0.05) is 0 Å². The van der Waals surface area contributed by atoms with E-state index < -0.39 is 29.4 Å². The van der Waals surface area contributed by atoms with E-state index in [0.717, 1.165) is 0 Å². The smallest absolute Gasteiger partial charge is 0.280 e. The number of carbonyl (C=O) groups excluding carboxylic acids is 1. The number of aromatic nitrogens is 1. The SMILES string of the molecule is NC(=O)c1cnc(C(F)F)cc1F. The zero-order valence-electron chi connectivity index (χ0n) is 6.30.